The molecule has 0 aliphatic carbocycles. The van der Waals surface area contributed by atoms with Crippen LogP contribution in [0.25, 0.3) is 0 Å². The van der Waals surface area contributed by atoms with Gasteiger partial charge in [0.25, 0.3) is 0 Å². The number of rotatable bonds is 3. The van der Waals surface area contributed by atoms with Gasteiger partial charge in [-0.3, -0.25) is 4.57 Å². The lowest BCUT2D eigenvalue weighted by molar-refractivity contribution is -0.114. The summed E-state index contributed by atoms with van der Waals surface area (Å²) in [6.07, 6.45) is -0.610. The van der Waals surface area contributed by atoms with Gasteiger partial charge in [0.2, 0.25) is 0 Å². The lowest BCUT2D eigenvalue weighted by Gasteiger charge is -2.27. The number of aliphatic hydroxyl groups is 2. The van der Waals surface area contributed by atoms with E-state index in [-0.39, 0.29) is 11.7 Å². The monoisotopic (exact) mass is 371 g/mol. The second-order valence-electron chi connectivity index (χ2n) is 6.90. The summed E-state index contributed by atoms with van der Waals surface area (Å²) >= 11 is 5.93. The van der Waals surface area contributed by atoms with Crippen LogP contribution < -0.4 is 11.4 Å². The minimum absolute atomic E-state index is 0.0882. The van der Waals surface area contributed by atoms with E-state index < -0.39 is 44.2 Å². The molecule has 2 rings (SSSR count). The molecule has 1 aliphatic rings. The van der Waals surface area contributed by atoms with Crippen LogP contribution in [0.3, 0.4) is 0 Å². The third-order valence-electron chi connectivity index (χ3n) is 3.78. The van der Waals surface area contributed by atoms with Crippen LogP contribution in [0, 0.1) is 17.4 Å². The molecular formula is C15H22ClN3O4Si. The first kappa shape index (κ1) is 19.0. The van der Waals surface area contributed by atoms with Crippen LogP contribution in [0.2, 0.25) is 19.6 Å². The van der Waals surface area contributed by atoms with E-state index in [1.54, 1.807) is 0 Å². The highest BCUT2D eigenvalue weighted by Crippen LogP contribution is 2.41. The third kappa shape index (κ3) is 3.65. The molecule has 0 unspecified atom stereocenters. The number of nitrogen functional groups attached to an aromatic ring is 1. The summed E-state index contributed by atoms with van der Waals surface area (Å²) in [5, 5.41) is 20.3. The molecule has 9 heteroatoms. The maximum absolute atomic E-state index is 12.1. The van der Waals surface area contributed by atoms with Crippen LogP contribution in [0.15, 0.2) is 17.1 Å². The molecule has 0 amide bonds. The molecule has 0 aromatic carbocycles. The van der Waals surface area contributed by atoms with Gasteiger partial charge in [-0.05, 0) is 6.07 Å². The first-order chi connectivity index (χ1) is 11.1. The second kappa shape index (κ2) is 6.86. The first-order valence-electron chi connectivity index (χ1n) is 7.53. The highest BCUT2D eigenvalue weighted by atomic mass is 35.5. The Morgan fingerprint density at radius 1 is 1.54 bits per heavy atom. The van der Waals surface area contributed by atoms with Crippen molar-refractivity contribution in [1.82, 2.24) is 9.55 Å². The summed E-state index contributed by atoms with van der Waals surface area (Å²) in [5.74, 6) is 2.27. The second-order valence-corrected chi connectivity index (χ2v) is 11.9. The minimum Gasteiger partial charge on any atom is -0.393 e. The SMILES string of the molecule is C[Si](C)(C)C#C[C@H]1[C@H](n2ccc(N)nc2=O)O[C@@](CO)(CCl)[C@H]1O. The van der Waals surface area contributed by atoms with E-state index in [0.717, 1.165) is 0 Å². The zero-order valence-corrected chi connectivity index (χ0v) is 15.6. The van der Waals surface area contributed by atoms with Gasteiger partial charge in [0.1, 0.15) is 25.6 Å². The van der Waals surface area contributed by atoms with Crippen molar-refractivity contribution in [3.63, 3.8) is 0 Å². The van der Waals surface area contributed by atoms with Gasteiger partial charge in [-0.15, -0.1) is 17.1 Å². The van der Waals surface area contributed by atoms with E-state index in [4.69, 9.17) is 22.1 Å². The molecule has 1 aliphatic heterocycles. The molecule has 1 aromatic heterocycles. The Morgan fingerprint density at radius 2 is 2.21 bits per heavy atom. The molecule has 2 heterocycles. The highest BCUT2D eigenvalue weighted by molar-refractivity contribution is 6.83. The molecule has 0 bridgehead atoms. The summed E-state index contributed by atoms with van der Waals surface area (Å²) in [6, 6.07) is 1.46. The predicted octanol–water partition coefficient (Wildman–Crippen LogP) is 0.182. The highest BCUT2D eigenvalue weighted by Gasteiger charge is 2.54. The molecule has 24 heavy (non-hydrogen) atoms. The van der Waals surface area contributed by atoms with Gasteiger partial charge in [-0.1, -0.05) is 25.6 Å². The van der Waals surface area contributed by atoms with E-state index in [1.165, 1.54) is 16.8 Å². The number of hydrogen-bond donors (Lipinski definition) is 3. The van der Waals surface area contributed by atoms with Crippen molar-refractivity contribution in [3.05, 3.63) is 22.7 Å². The molecule has 1 aromatic rings. The van der Waals surface area contributed by atoms with Crippen molar-refractivity contribution in [2.45, 2.75) is 37.6 Å². The van der Waals surface area contributed by atoms with Crippen molar-refractivity contribution in [2.75, 3.05) is 18.2 Å². The largest absolute Gasteiger partial charge is 0.393 e. The molecule has 7 nitrogen and oxygen atoms in total. The first-order valence-corrected chi connectivity index (χ1v) is 11.6. The lowest BCUT2D eigenvalue weighted by atomic mass is 9.92. The van der Waals surface area contributed by atoms with Gasteiger partial charge in [-0.25, -0.2) is 4.79 Å². The Bertz CT molecular complexity index is 718. The Hall–Kier alpha value is -1.37. The average molecular weight is 372 g/mol. The molecule has 132 valence electrons. The fraction of sp³-hybridized carbons (Fsp3) is 0.600. The van der Waals surface area contributed by atoms with E-state index in [9.17, 15) is 15.0 Å². The number of ether oxygens (including phenoxy) is 1. The predicted molar refractivity (Wildman–Crippen MR) is 94.2 cm³/mol. The number of anilines is 1. The zero-order chi connectivity index (χ0) is 18.1. The average Bonchev–Trinajstić information content (AvgIpc) is 2.77. The quantitative estimate of drug-likeness (QED) is 0.397. The molecule has 4 N–H and O–H groups in total. The van der Waals surface area contributed by atoms with Crippen LogP contribution in [-0.4, -0.2) is 52.0 Å². The standard InChI is InChI=1S/C15H22ClN3O4Si/c1-24(2,3)7-5-10-12(21)15(8-16,9-20)23-13(10)19-6-4-11(17)18-14(19)22/h4,6,10,12-13,20-21H,8-9H2,1-3H3,(H2,17,18,22)/t10-,12+,13-,15-/m1/s1. The number of hydrogen-bond acceptors (Lipinski definition) is 6. The van der Waals surface area contributed by atoms with Gasteiger partial charge >= 0.3 is 5.69 Å². The van der Waals surface area contributed by atoms with Crippen LogP contribution in [0.5, 0.6) is 0 Å². The number of nitrogens with two attached hydrogens (primary N) is 1. The van der Waals surface area contributed by atoms with E-state index in [0.29, 0.717) is 0 Å². The van der Waals surface area contributed by atoms with E-state index in [2.05, 4.69) is 36.1 Å². The lowest BCUT2D eigenvalue weighted by Crippen LogP contribution is -2.46. The van der Waals surface area contributed by atoms with Crippen molar-refractivity contribution in [3.8, 4) is 11.5 Å². The van der Waals surface area contributed by atoms with Crippen molar-refractivity contribution < 1.29 is 14.9 Å². The van der Waals surface area contributed by atoms with Crippen molar-refractivity contribution in [2.24, 2.45) is 5.92 Å². The number of halogens is 1. The Kier molecular flexibility index (Phi) is 5.42. The van der Waals surface area contributed by atoms with Gasteiger partial charge in [-0.2, -0.15) is 4.98 Å². The van der Waals surface area contributed by atoms with Gasteiger partial charge < -0.3 is 20.7 Å². The third-order valence-corrected chi connectivity index (χ3v) is 5.12. The topological polar surface area (TPSA) is 111 Å². The molecular weight excluding hydrogens is 350 g/mol. The summed E-state index contributed by atoms with van der Waals surface area (Å²) in [4.78, 5) is 15.8. The van der Waals surface area contributed by atoms with Crippen LogP contribution in [0.4, 0.5) is 5.82 Å². The van der Waals surface area contributed by atoms with E-state index >= 15 is 0 Å². The smallest absolute Gasteiger partial charge is 0.351 e. The number of aliphatic hydroxyl groups excluding tert-OH is 2. The fourth-order valence-corrected chi connectivity index (χ4v) is 3.35. The zero-order valence-electron chi connectivity index (χ0n) is 13.9. The van der Waals surface area contributed by atoms with Gasteiger partial charge in [0.05, 0.1) is 18.4 Å². The summed E-state index contributed by atoms with van der Waals surface area (Å²) in [5.41, 5.74) is 6.69. The molecule has 4 atom stereocenters. The minimum atomic E-state index is -1.72. The Morgan fingerprint density at radius 3 is 2.71 bits per heavy atom. The van der Waals surface area contributed by atoms with E-state index in [1.807, 2.05) is 0 Å². The van der Waals surface area contributed by atoms with Crippen LogP contribution in [0.1, 0.15) is 6.23 Å². The molecule has 1 saturated heterocycles. The number of alkyl halides is 1. The van der Waals surface area contributed by atoms with Crippen LogP contribution in [-0.2, 0) is 4.74 Å². The summed E-state index contributed by atoms with van der Waals surface area (Å²) in [7, 11) is -1.72. The fourth-order valence-electron chi connectivity index (χ4n) is 2.45. The molecule has 0 saturated carbocycles. The molecule has 1 fully saturated rings. The Balaban J connectivity index is 2.52. The number of aromatic nitrogens is 2. The number of nitrogens with zero attached hydrogens (tertiary/aromatic N) is 2. The van der Waals surface area contributed by atoms with Crippen LogP contribution >= 0.6 is 11.6 Å². The summed E-state index contributed by atoms with van der Waals surface area (Å²) < 4.78 is 7.02. The molecule has 0 spiro atoms. The maximum atomic E-state index is 12.1. The summed E-state index contributed by atoms with van der Waals surface area (Å²) in [6.45, 7) is 5.70. The maximum Gasteiger partial charge on any atom is 0.351 e. The normalized spacial score (nSPS) is 30.0. The van der Waals surface area contributed by atoms with Crippen molar-refractivity contribution >= 4 is 25.5 Å². The van der Waals surface area contributed by atoms with Crippen molar-refractivity contribution in [1.29, 1.82) is 0 Å². The molecule has 0 radical (unpaired) electrons. The van der Waals surface area contributed by atoms with Gasteiger partial charge in [0.15, 0.2) is 6.23 Å². The Labute approximate surface area is 146 Å². The van der Waals surface area contributed by atoms with Gasteiger partial charge in [0, 0.05) is 6.20 Å².